The second-order valence-electron chi connectivity index (χ2n) is 2.70. The molecule has 4 nitrogen and oxygen atoms in total. The first-order valence-corrected chi connectivity index (χ1v) is 4.06. The van der Waals surface area contributed by atoms with E-state index in [2.05, 4.69) is 0 Å². The summed E-state index contributed by atoms with van der Waals surface area (Å²) in [5.74, 6) is -1.07. The summed E-state index contributed by atoms with van der Waals surface area (Å²) in [6, 6.07) is 4.82. The van der Waals surface area contributed by atoms with E-state index in [1.54, 1.807) is 12.1 Å². The maximum absolute atomic E-state index is 10.8. The smallest absolute Gasteiger partial charge is 0.338 e. The molecule has 0 bridgehead atoms. The lowest BCUT2D eigenvalue weighted by atomic mass is 10.1. The Hall–Kier alpha value is -1.81. The fourth-order valence-electron chi connectivity index (χ4n) is 1.15. The Balaban J connectivity index is 3.21. The maximum Gasteiger partial charge on any atom is 0.338 e. The number of carbonyl (C=O) groups is 1. The van der Waals surface area contributed by atoms with Crippen LogP contribution in [0, 0.1) is 0 Å². The van der Waals surface area contributed by atoms with E-state index in [-0.39, 0.29) is 17.9 Å². The van der Waals surface area contributed by atoms with Gasteiger partial charge in [0.25, 0.3) is 0 Å². The van der Waals surface area contributed by atoms with Crippen LogP contribution in [-0.4, -0.2) is 22.8 Å². The van der Waals surface area contributed by atoms with Crippen molar-refractivity contribution >= 4 is 17.7 Å². The standard InChI is InChI=1S/C10H11NO3/c11-8-5-1-3-7(4-2-6-12)9(8)10(13)14/h1-5,12H,6,11H2,(H,13,14). The number of carboxylic acids is 1. The van der Waals surface area contributed by atoms with E-state index in [1.165, 1.54) is 18.2 Å². The number of anilines is 1. The molecule has 0 aromatic heterocycles. The van der Waals surface area contributed by atoms with Gasteiger partial charge in [-0.25, -0.2) is 4.79 Å². The second kappa shape index (κ2) is 4.43. The van der Waals surface area contributed by atoms with Gasteiger partial charge in [0.15, 0.2) is 0 Å². The molecule has 0 aliphatic carbocycles. The zero-order valence-corrected chi connectivity index (χ0v) is 7.47. The first-order valence-electron chi connectivity index (χ1n) is 4.06. The number of nitrogens with two attached hydrogens (primary N) is 1. The minimum absolute atomic E-state index is 0.0669. The zero-order chi connectivity index (χ0) is 10.6. The van der Waals surface area contributed by atoms with Crippen LogP contribution in [0.15, 0.2) is 24.3 Å². The van der Waals surface area contributed by atoms with E-state index in [9.17, 15) is 4.79 Å². The minimum atomic E-state index is -1.07. The van der Waals surface area contributed by atoms with Crippen molar-refractivity contribution in [1.82, 2.24) is 0 Å². The fourth-order valence-corrected chi connectivity index (χ4v) is 1.15. The topological polar surface area (TPSA) is 83.5 Å². The molecule has 0 unspecified atom stereocenters. The van der Waals surface area contributed by atoms with Gasteiger partial charge < -0.3 is 15.9 Å². The first-order chi connectivity index (χ1) is 6.66. The summed E-state index contributed by atoms with van der Waals surface area (Å²) in [7, 11) is 0. The van der Waals surface area contributed by atoms with Gasteiger partial charge in [0.1, 0.15) is 0 Å². The van der Waals surface area contributed by atoms with Crippen LogP contribution in [0.4, 0.5) is 5.69 Å². The number of nitrogen functional groups attached to an aromatic ring is 1. The molecule has 0 aliphatic heterocycles. The molecule has 1 aromatic carbocycles. The zero-order valence-electron chi connectivity index (χ0n) is 7.47. The van der Waals surface area contributed by atoms with E-state index in [4.69, 9.17) is 15.9 Å². The molecule has 0 radical (unpaired) electrons. The number of aliphatic hydroxyl groups excluding tert-OH is 1. The molecule has 0 atom stereocenters. The summed E-state index contributed by atoms with van der Waals surface area (Å²) in [6.45, 7) is -0.131. The SMILES string of the molecule is Nc1cccc(C=CCO)c1C(=O)O. The predicted molar refractivity (Wildman–Crippen MR) is 53.9 cm³/mol. The highest BCUT2D eigenvalue weighted by atomic mass is 16.4. The van der Waals surface area contributed by atoms with Crippen molar-refractivity contribution in [2.24, 2.45) is 0 Å². The lowest BCUT2D eigenvalue weighted by Crippen LogP contribution is -2.04. The molecule has 0 saturated carbocycles. The summed E-state index contributed by atoms with van der Waals surface area (Å²) in [5, 5.41) is 17.4. The molecule has 4 N–H and O–H groups in total. The average Bonchev–Trinajstić information content (AvgIpc) is 2.14. The normalized spacial score (nSPS) is 10.6. The Kier molecular flexibility index (Phi) is 3.25. The third kappa shape index (κ3) is 2.11. The van der Waals surface area contributed by atoms with Gasteiger partial charge in [0, 0.05) is 5.69 Å². The Bertz CT molecular complexity index is 372. The lowest BCUT2D eigenvalue weighted by molar-refractivity contribution is 0.0698. The number of benzene rings is 1. The molecule has 0 saturated heterocycles. The van der Waals surface area contributed by atoms with Crippen LogP contribution < -0.4 is 5.73 Å². The lowest BCUT2D eigenvalue weighted by Gasteiger charge is -2.03. The number of aromatic carboxylic acids is 1. The van der Waals surface area contributed by atoms with Crippen molar-refractivity contribution in [2.45, 2.75) is 0 Å². The van der Waals surface area contributed by atoms with Gasteiger partial charge in [0.05, 0.1) is 12.2 Å². The molecule has 4 heteroatoms. The summed E-state index contributed by atoms with van der Waals surface area (Å²) in [4.78, 5) is 10.8. The predicted octanol–water partition coefficient (Wildman–Crippen LogP) is 0.973. The molecule has 0 heterocycles. The van der Waals surface area contributed by atoms with Crippen LogP contribution in [-0.2, 0) is 0 Å². The van der Waals surface area contributed by atoms with Crippen molar-refractivity contribution < 1.29 is 15.0 Å². The molecule has 14 heavy (non-hydrogen) atoms. The van der Waals surface area contributed by atoms with Crippen LogP contribution in [0.5, 0.6) is 0 Å². The van der Waals surface area contributed by atoms with Gasteiger partial charge in [-0.3, -0.25) is 0 Å². The quantitative estimate of drug-likeness (QED) is 0.624. The van der Waals surface area contributed by atoms with E-state index in [0.717, 1.165) is 0 Å². The van der Waals surface area contributed by atoms with Crippen LogP contribution in [0.1, 0.15) is 15.9 Å². The molecule has 0 aliphatic rings. The highest BCUT2D eigenvalue weighted by molar-refractivity contribution is 5.97. The maximum atomic E-state index is 10.8. The summed E-state index contributed by atoms with van der Waals surface area (Å²) in [5.41, 5.74) is 6.30. The van der Waals surface area contributed by atoms with Crippen molar-refractivity contribution in [3.63, 3.8) is 0 Å². The van der Waals surface area contributed by atoms with E-state index >= 15 is 0 Å². The van der Waals surface area contributed by atoms with Crippen molar-refractivity contribution in [3.8, 4) is 0 Å². The van der Waals surface area contributed by atoms with Gasteiger partial charge in [-0.15, -0.1) is 0 Å². The molecule has 0 amide bonds. The molecule has 74 valence electrons. The van der Waals surface area contributed by atoms with Crippen molar-refractivity contribution in [1.29, 1.82) is 0 Å². The number of hydrogen-bond acceptors (Lipinski definition) is 3. The molecule has 0 spiro atoms. The van der Waals surface area contributed by atoms with Crippen LogP contribution in [0.2, 0.25) is 0 Å². The number of hydrogen-bond donors (Lipinski definition) is 3. The van der Waals surface area contributed by atoms with Crippen LogP contribution >= 0.6 is 0 Å². The number of carboxylic acid groups (broad SMARTS) is 1. The van der Waals surface area contributed by atoms with Gasteiger partial charge in [-0.05, 0) is 11.6 Å². The third-order valence-electron chi connectivity index (χ3n) is 1.75. The Morgan fingerprint density at radius 2 is 2.21 bits per heavy atom. The average molecular weight is 193 g/mol. The second-order valence-corrected chi connectivity index (χ2v) is 2.70. The van der Waals surface area contributed by atoms with Gasteiger partial charge >= 0.3 is 5.97 Å². The Labute approximate surface area is 81.3 Å². The van der Waals surface area contributed by atoms with E-state index in [1.807, 2.05) is 0 Å². The highest BCUT2D eigenvalue weighted by Crippen LogP contribution is 2.18. The van der Waals surface area contributed by atoms with Crippen molar-refractivity contribution in [3.05, 3.63) is 35.4 Å². The summed E-state index contributed by atoms with van der Waals surface area (Å²) < 4.78 is 0. The Morgan fingerprint density at radius 3 is 2.79 bits per heavy atom. The van der Waals surface area contributed by atoms with E-state index < -0.39 is 5.97 Å². The summed E-state index contributed by atoms with van der Waals surface area (Å²) >= 11 is 0. The Morgan fingerprint density at radius 1 is 1.50 bits per heavy atom. The molecule has 1 rings (SSSR count). The van der Waals surface area contributed by atoms with Gasteiger partial charge in [-0.2, -0.15) is 0 Å². The first kappa shape index (κ1) is 10.3. The molecule has 1 aromatic rings. The summed E-state index contributed by atoms with van der Waals surface area (Å²) in [6.07, 6.45) is 2.99. The van der Waals surface area contributed by atoms with E-state index in [0.29, 0.717) is 5.56 Å². The largest absolute Gasteiger partial charge is 0.478 e. The van der Waals surface area contributed by atoms with Gasteiger partial charge in [-0.1, -0.05) is 24.3 Å². The minimum Gasteiger partial charge on any atom is -0.478 e. The van der Waals surface area contributed by atoms with Crippen molar-refractivity contribution in [2.75, 3.05) is 12.3 Å². The van der Waals surface area contributed by atoms with Gasteiger partial charge in [0.2, 0.25) is 0 Å². The fraction of sp³-hybridized carbons (Fsp3) is 0.100. The highest BCUT2D eigenvalue weighted by Gasteiger charge is 2.10. The molecular weight excluding hydrogens is 182 g/mol. The number of aliphatic hydroxyl groups is 1. The van der Waals surface area contributed by atoms with Crippen LogP contribution in [0.25, 0.3) is 6.08 Å². The monoisotopic (exact) mass is 193 g/mol. The third-order valence-corrected chi connectivity index (χ3v) is 1.75. The number of rotatable bonds is 3. The molecular formula is C10H11NO3. The van der Waals surface area contributed by atoms with Crippen LogP contribution in [0.3, 0.4) is 0 Å². The molecule has 0 fully saturated rings.